The second-order valence-corrected chi connectivity index (χ2v) is 4.08. The molecule has 1 aromatic heterocycles. The molecule has 2 rings (SSSR count). The average molecular weight is 232 g/mol. The van der Waals surface area contributed by atoms with Crippen molar-refractivity contribution in [2.24, 2.45) is 0 Å². The first-order valence-electron chi connectivity index (χ1n) is 5.50. The Balaban J connectivity index is 2.46. The van der Waals surface area contributed by atoms with E-state index in [4.69, 9.17) is 9.15 Å². The lowest BCUT2D eigenvalue weighted by atomic mass is 9.99. The van der Waals surface area contributed by atoms with Gasteiger partial charge in [-0.15, -0.1) is 0 Å². The van der Waals surface area contributed by atoms with Crippen LogP contribution in [-0.4, -0.2) is 12.2 Å². The van der Waals surface area contributed by atoms with E-state index in [0.29, 0.717) is 5.75 Å². The van der Waals surface area contributed by atoms with Crippen LogP contribution in [0.25, 0.3) is 0 Å². The van der Waals surface area contributed by atoms with Crippen LogP contribution in [0.3, 0.4) is 0 Å². The van der Waals surface area contributed by atoms with Gasteiger partial charge in [-0.1, -0.05) is 11.6 Å². The summed E-state index contributed by atoms with van der Waals surface area (Å²) < 4.78 is 10.5. The summed E-state index contributed by atoms with van der Waals surface area (Å²) in [5, 5.41) is 10.4. The number of rotatable bonds is 3. The molecule has 1 N–H and O–H groups in total. The highest BCUT2D eigenvalue weighted by atomic mass is 16.5. The number of hydrogen-bond acceptors (Lipinski definition) is 3. The number of aryl methyl sites for hydroxylation is 2. The van der Waals surface area contributed by atoms with Crippen molar-refractivity contribution in [1.29, 1.82) is 0 Å². The zero-order valence-electron chi connectivity index (χ0n) is 10.2. The van der Waals surface area contributed by atoms with E-state index in [1.165, 1.54) is 0 Å². The van der Waals surface area contributed by atoms with Gasteiger partial charge in [-0.2, -0.15) is 0 Å². The van der Waals surface area contributed by atoms with Crippen LogP contribution in [0.2, 0.25) is 0 Å². The Labute approximate surface area is 101 Å². The highest BCUT2D eigenvalue weighted by Crippen LogP contribution is 2.32. The summed E-state index contributed by atoms with van der Waals surface area (Å²) >= 11 is 0. The Morgan fingerprint density at radius 1 is 1.18 bits per heavy atom. The predicted molar refractivity (Wildman–Crippen MR) is 65.2 cm³/mol. The summed E-state index contributed by atoms with van der Waals surface area (Å²) in [5.74, 6) is 1.41. The van der Waals surface area contributed by atoms with Gasteiger partial charge in [0.2, 0.25) is 0 Å². The second kappa shape index (κ2) is 4.63. The smallest absolute Gasteiger partial charge is 0.125 e. The molecule has 0 saturated heterocycles. The fraction of sp³-hybridized carbons (Fsp3) is 0.286. The molecule has 1 heterocycles. The van der Waals surface area contributed by atoms with Gasteiger partial charge in [-0.05, 0) is 32.0 Å². The molecule has 0 aliphatic carbocycles. The number of benzene rings is 1. The third-order valence-corrected chi connectivity index (χ3v) is 2.87. The summed E-state index contributed by atoms with van der Waals surface area (Å²) in [4.78, 5) is 0. The van der Waals surface area contributed by atoms with E-state index in [1.807, 2.05) is 32.0 Å². The SMILES string of the molecule is COc1ccc(C)cc1C(O)c1ccoc1C. The van der Waals surface area contributed by atoms with Crippen LogP contribution in [0.5, 0.6) is 5.75 Å². The maximum atomic E-state index is 10.4. The van der Waals surface area contributed by atoms with Crippen LogP contribution < -0.4 is 4.74 Å². The Morgan fingerprint density at radius 3 is 2.53 bits per heavy atom. The van der Waals surface area contributed by atoms with Crippen LogP contribution in [0.1, 0.15) is 28.6 Å². The lowest BCUT2D eigenvalue weighted by Crippen LogP contribution is -2.03. The Kier molecular flexibility index (Phi) is 3.20. The molecule has 0 bridgehead atoms. The number of hydrogen-bond donors (Lipinski definition) is 1. The largest absolute Gasteiger partial charge is 0.496 e. The van der Waals surface area contributed by atoms with Crippen molar-refractivity contribution < 1.29 is 14.3 Å². The summed E-state index contributed by atoms with van der Waals surface area (Å²) in [6, 6.07) is 7.53. The molecule has 0 amide bonds. The van der Waals surface area contributed by atoms with E-state index in [2.05, 4.69) is 0 Å². The minimum Gasteiger partial charge on any atom is -0.496 e. The van der Waals surface area contributed by atoms with Crippen LogP contribution in [0.4, 0.5) is 0 Å². The lowest BCUT2D eigenvalue weighted by molar-refractivity contribution is 0.212. The molecule has 90 valence electrons. The molecule has 1 unspecified atom stereocenters. The van der Waals surface area contributed by atoms with Crippen LogP contribution in [-0.2, 0) is 0 Å². The van der Waals surface area contributed by atoms with Gasteiger partial charge in [0.25, 0.3) is 0 Å². The lowest BCUT2D eigenvalue weighted by Gasteiger charge is -2.15. The van der Waals surface area contributed by atoms with Crippen molar-refractivity contribution in [2.75, 3.05) is 7.11 Å². The van der Waals surface area contributed by atoms with Gasteiger partial charge in [0.15, 0.2) is 0 Å². The van der Waals surface area contributed by atoms with E-state index >= 15 is 0 Å². The van der Waals surface area contributed by atoms with Gasteiger partial charge < -0.3 is 14.3 Å². The van der Waals surface area contributed by atoms with E-state index in [0.717, 1.165) is 22.5 Å². The number of furan rings is 1. The zero-order chi connectivity index (χ0) is 12.4. The third-order valence-electron chi connectivity index (χ3n) is 2.87. The summed E-state index contributed by atoms with van der Waals surface area (Å²) in [7, 11) is 1.60. The maximum absolute atomic E-state index is 10.4. The molecule has 3 nitrogen and oxygen atoms in total. The fourth-order valence-corrected chi connectivity index (χ4v) is 1.91. The first-order valence-corrected chi connectivity index (χ1v) is 5.50. The van der Waals surface area contributed by atoms with Crippen molar-refractivity contribution in [3.05, 3.63) is 53.0 Å². The van der Waals surface area contributed by atoms with Gasteiger partial charge in [0.05, 0.1) is 13.4 Å². The van der Waals surface area contributed by atoms with E-state index in [-0.39, 0.29) is 0 Å². The van der Waals surface area contributed by atoms with Crippen molar-refractivity contribution in [3.63, 3.8) is 0 Å². The highest BCUT2D eigenvalue weighted by molar-refractivity contribution is 5.43. The Morgan fingerprint density at radius 2 is 1.94 bits per heavy atom. The molecular formula is C14H16O3. The molecule has 0 radical (unpaired) electrons. The van der Waals surface area contributed by atoms with Gasteiger partial charge in [-0.25, -0.2) is 0 Å². The number of ether oxygens (including phenoxy) is 1. The topological polar surface area (TPSA) is 42.6 Å². The molecule has 17 heavy (non-hydrogen) atoms. The normalized spacial score (nSPS) is 12.5. The average Bonchev–Trinajstić information content (AvgIpc) is 2.74. The number of aliphatic hydroxyl groups is 1. The molecular weight excluding hydrogens is 216 g/mol. The van der Waals surface area contributed by atoms with Crippen LogP contribution >= 0.6 is 0 Å². The standard InChI is InChI=1S/C14H16O3/c1-9-4-5-13(16-3)12(8-9)14(15)11-6-7-17-10(11)2/h4-8,14-15H,1-3H3. The van der Waals surface area contributed by atoms with Crippen LogP contribution in [0, 0.1) is 13.8 Å². The van der Waals surface area contributed by atoms with Crippen molar-refractivity contribution in [3.8, 4) is 5.75 Å². The highest BCUT2D eigenvalue weighted by Gasteiger charge is 2.18. The number of methoxy groups -OCH3 is 1. The van der Waals surface area contributed by atoms with Crippen molar-refractivity contribution in [1.82, 2.24) is 0 Å². The summed E-state index contributed by atoms with van der Waals surface area (Å²) in [6.45, 7) is 3.82. The molecule has 1 aromatic carbocycles. The monoisotopic (exact) mass is 232 g/mol. The van der Waals surface area contributed by atoms with E-state index in [9.17, 15) is 5.11 Å². The Bertz CT molecular complexity index is 514. The minimum atomic E-state index is -0.719. The first-order chi connectivity index (χ1) is 8.13. The van der Waals surface area contributed by atoms with Crippen molar-refractivity contribution >= 4 is 0 Å². The zero-order valence-corrected chi connectivity index (χ0v) is 10.2. The van der Waals surface area contributed by atoms with Gasteiger partial charge in [0, 0.05) is 11.1 Å². The summed E-state index contributed by atoms with van der Waals surface area (Å²) in [6.07, 6.45) is 0.861. The molecule has 2 aromatic rings. The minimum absolute atomic E-state index is 0.684. The van der Waals surface area contributed by atoms with Crippen LogP contribution in [0.15, 0.2) is 34.9 Å². The number of aliphatic hydroxyl groups excluding tert-OH is 1. The fourth-order valence-electron chi connectivity index (χ4n) is 1.91. The Hall–Kier alpha value is -1.74. The molecule has 3 heteroatoms. The first kappa shape index (κ1) is 11.7. The predicted octanol–water partition coefficient (Wildman–Crippen LogP) is 2.99. The molecule has 0 fully saturated rings. The summed E-state index contributed by atoms with van der Waals surface area (Å²) in [5.41, 5.74) is 2.62. The quantitative estimate of drug-likeness (QED) is 0.884. The van der Waals surface area contributed by atoms with Gasteiger partial charge in [0.1, 0.15) is 17.6 Å². The second-order valence-electron chi connectivity index (χ2n) is 4.08. The van der Waals surface area contributed by atoms with E-state index in [1.54, 1.807) is 19.4 Å². The molecule has 0 saturated carbocycles. The van der Waals surface area contributed by atoms with Crippen molar-refractivity contribution in [2.45, 2.75) is 20.0 Å². The van der Waals surface area contributed by atoms with E-state index < -0.39 is 6.10 Å². The molecule has 0 spiro atoms. The maximum Gasteiger partial charge on any atom is 0.125 e. The van der Waals surface area contributed by atoms with Gasteiger partial charge >= 0.3 is 0 Å². The molecule has 0 aliphatic rings. The van der Waals surface area contributed by atoms with Gasteiger partial charge in [-0.3, -0.25) is 0 Å². The molecule has 1 atom stereocenters. The molecule has 0 aliphatic heterocycles. The third kappa shape index (κ3) is 2.19.